The summed E-state index contributed by atoms with van der Waals surface area (Å²) in [6.45, 7) is 2.90. The molecule has 0 aliphatic carbocycles. The third-order valence-electron chi connectivity index (χ3n) is 2.94. The van der Waals surface area contributed by atoms with Crippen molar-refractivity contribution in [2.45, 2.75) is 25.4 Å². The smallest absolute Gasteiger partial charge is 0.0700 e. The van der Waals surface area contributed by atoms with Gasteiger partial charge < -0.3 is 15.8 Å². The lowest BCUT2D eigenvalue weighted by atomic mass is 10.1. The van der Waals surface area contributed by atoms with E-state index in [1.54, 1.807) is 0 Å². The molecule has 0 bridgehead atoms. The summed E-state index contributed by atoms with van der Waals surface area (Å²) in [4.78, 5) is 0. The Morgan fingerprint density at radius 2 is 2.38 bits per heavy atom. The zero-order chi connectivity index (χ0) is 11.2. The molecule has 1 aromatic carbocycles. The predicted molar refractivity (Wildman–Crippen MR) is 66.4 cm³/mol. The fourth-order valence-electron chi connectivity index (χ4n) is 2.05. The van der Waals surface area contributed by atoms with Crippen molar-refractivity contribution < 1.29 is 4.74 Å². The number of ether oxygens (including phenoxy) is 1. The van der Waals surface area contributed by atoms with Crippen LogP contribution in [0.4, 0.5) is 5.69 Å². The van der Waals surface area contributed by atoms with Gasteiger partial charge in [-0.3, -0.25) is 0 Å². The minimum absolute atomic E-state index is 0.431. The van der Waals surface area contributed by atoms with Crippen LogP contribution in [0.25, 0.3) is 0 Å². The second-order valence-electron chi connectivity index (χ2n) is 4.33. The van der Waals surface area contributed by atoms with E-state index in [9.17, 15) is 0 Å². The Morgan fingerprint density at radius 1 is 1.44 bits per heavy atom. The summed E-state index contributed by atoms with van der Waals surface area (Å²) in [5, 5.41) is 3.43. The van der Waals surface area contributed by atoms with Crippen LogP contribution in [0.5, 0.6) is 0 Å². The molecule has 16 heavy (non-hydrogen) atoms. The van der Waals surface area contributed by atoms with Gasteiger partial charge in [0.25, 0.3) is 0 Å². The number of anilines is 1. The summed E-state index contributed by atoms with van der Waals surface area (Å²) in [5.41, 5.74) is 7.86. The second-order valence-corrected chi connectivity index (χ2v) is 4.33. The number of rotatable bonds is 5. The number of benzene rings is 1. The van der Waals surface area contributed by atoms with Crippen LogP contribution in [-0.2, 0) is 11.2 Å². The molecule has 88 valence electrons. The standard InChI is InChI=1S/C13H20N2O/c14-12-4-1-3-11(9-12)6-7-15-10-13-5-2-8-16-13/h1,3-4,9,13,15H,2,5-8,10,14H2. The highest BCUT2D eigenvalue weighted by atomic mass is 16.5. The summed E-state index contributed by atoms with van der Waals surface area (Å²) < 4.78 is 5.54. The van der Waals surface area contributed by atoms with Crippen LogP contribution in [0, 0.1) is 0 Å². The quantitative estimate of drug-likeness (QED) is 0.585. The monoisotopic (exact) mass is 220 g/mol. The maximum atomic E-state index is 5.72. The van der Waals surface area contributed by atoms with E-state index < -0.39 is 0 Å². The van der Waals surface area contributed by atoms with E-state index in [1.165, 1.54) is 18.4 Å². The second kappa shape index (κ2) is 5.87. The van der Waals surface area contributed by atoms with Crippen molar-refractivity contribution >= 4 is 5.69 Å². The normalized spacial score (nSPS) is 20.1. The van der Waals surface area contributed by atoms with Crippen LogP contribution in [0.2, 0.25) is 0 Å². The average Bonchev–Trinajstić information content (AvgIpc) is 2.77. The van der Waals surface area contributed by atoms with Crippen LogP contribution in [0.3, 0.4) is 0 Å². The van der Waals surface area contributed by atoms with Gasteiger partial charge in [-0.05, 0) is 43.5 Å². The molecule has 1 aliphatic heterocycles. The fourth-order valence-corrected chi connectivity index (χ4v) is 2.05. The maximum absolute atomic E-state index is 5.72. The number of nitrogens with two attached hydrogens (primary N) is 1. The van der Waals surface area contributed by atoms with Gasteiger partial charge in [0.2, 0.25) is 0 Å². The highest BCUT2D eigenvalue weighted by Crippen LogP contribution is 2.10. The summed E-state index contributed by atoms with van der Waals surface area (Å²) in [5.74, 6) is 0. The third-order valence-corrected chi connectivity index (χ3v) is 2.94. The molecule has 1 aliphatic rings. The van der Waals surface area contributed by atoms with E-state index in [0.29, 0.717) is 6.10 Å². The molecular formula is C13H20N2O. The summed E-state index contributed by atoms with van der Waals surface area (Å²) in [6, 6.07) is 8.08. The van der Waals surface area contributed by atoms with Crippen LogP contribution in [0.1, 0.15) is 18.4 Å². The van der Waals surface area contributed by atoms with Gasteiger partial charge in [-0.15, -0.1) is 0 Å². The topological polar surface area (TPSA) is 47.3 Å². The molecule has 0 saturated carbocycles. The lowest BCUT2D eigenvalue weighted by molar-refractivity contribution is 0.110. The van der Waals surface area contributed by atoms with Gasteiger partial charge in [0.05, 0.1) is 6.10 Å². The van der Waals surface area contributed by atoms with Crippen molar-refractivity contribution in [2.24, 2.45) is 0 Å². The first-order valence-electron chi connectivity index (χ1n) is 6.01. The highest BCUT2D eigenvalue weighted by molar-refractivity contribution is 5.40. The first kappa shape index (κ1) is 11.4. The molecule has 1 atom stereocenters. The van der Waals surface area contributed by atoms with E-state index >= 15 is 0 Å². The van der Waals surface area contributed by atoms with Crippen LogP contribution in [-0.4, -0.2) is 25.8 Å². The maximum Gasteiger partial charge on any atom is 0.0700 e. The van der Waals surface area contributed by atoms with E-state index in [-0.39, 0.29) is 0 Å². The summed E-state index contributed by atoms with van der Waals surface area (Å²) in [7, 11) is 0. The largest absolute Gasteiger partial charge is 0.399 e. The molecule has 1 aromatic rings. The molecule has 1 unspecified atom stereocenters. The number of nitrogens with one attached hydrogen (secondary N) is 1. The van der Waals surface area contributed by atoms with Crippen molar-refractivity contribution in [1.29, 1.82) is 0 Å². The molecule has 0 amide bonds. The molecule has 1 fully saturated rings. The Labute approximate surface area is 97.0 Å². The molecule has 1 heterocycles. The van der Waals surface area contributed by atoms with Gasteiger partial charge in [0.15, 0.2) is 0 Å². The molecule has 2 rings (SSSR count). The van der Waals surface area contributed by atoms with Gasteiger partial charge in [-0.1, -0.05) is 12.1 Å². The Bertz CT molecular complexity index is 321. The molecule has 3 N–H and O–H groups in total. The number of hydrogen-bond donors (Lipinski definition) is 2. The number of nitrogen functional groups attached to an aromatic ring is 1. The zero-order valence-electron chi connectivity index (χ0n) is 9.61. The Balaban J connectivity index is 1.64. The molecule has 0 radical (unpaired) electrons. The Morgan fingerprint density at radius 3 is 3.12 bits per heavy atom. The fraction of sp³-hybridized carbons (Fsp3) is 0.538. The van der Waals surface area contributed by atoms with Gasteiger partial charge in [-0.25, -0.2) is 0 Å². The highest BCUT2D eigenvalue weighted by Gasteiger charge is 2.14. The first-order valence-corrected chi connectivity index (χ1v) is 6.01. The van der Waals surface area contributed by atoms with E-state index in [2.05, 4.69) is 11.4 Å². The molecule has 0 spiro atoms. The Hall–Kier alpha value is -1.06. The molecular weight excluding hydrogens is 200 g/mol. The van der Waals surface area contributed by atoms with Crippen molar-refractivity contribution in [3.63, 3.8) is 0 Å². The van der Waals surface area contributed by atoms with Crippen molar-refractivity contribution in [3.05, 3.63) is 29.8 Å². The molecule has 3 nitrogen and oxygen atoms in total. The lowest BCUT2D eigenvalue weighted by Crippen LogP contribution is -2.27. The van der Waals surface area contributed by atoms with Crippen LogP contribution >= 0.6 is 0 Å². The third kappa shape index (κ3) is 3.51. The van der Waals surface area contributed by atoms with Crippen LogP contribution in [0.15, 0.2) is 24.3 Å². The molecule has 3 heteroatoms. The van der Waals surface area contributed by atoms with E-state index in [1.807, 2.05) is 18.2 Å². The lowest BCUT2D eigenvalue weighted by Gasteiger charge is -2.10. The van der Waals surface area contributed by atoms with Gasteiger partial charge in [0, 0.05) is 18.8 Å². The average molecular weight is 220 g/mol. The molecule has 1 saturated heterocycles. The Kier molecular flexibility index (Phi) is 4.19. The van der Waals surface area contributed by atoms with Gasteiger partial charge in [-0.2, -0.15) is 0 Å². The molecule has 0 aromatic heterocycles. The van der Waals surface area contributed by atoms with Gasteiger partial charge in [0.1, 0.15) is 0 Å². The number of hydrogen-bond acceptors (Lipinski definition) is 3. The predicted octanol–water partition coefficient (Wildman–Crippen LogP) is 1.58. The minimum Gasteiger partial charge on any atom is -0.399 e. The van der Waals surface area contributed by atoms with Crippen molar-refractivity contribution in [3.8, 4) is 0 Å². The first-order chi connectivity index (χ1) is 7.84. The summed E-state index contributed by atoms with van der Waals surface area (Å²) >= 11 is 0. The summed E-state index contributed by atoms with van der Waals surface area (Å²) in [6.07, 6.45) is 3.87. The van der Waals surface area contributed by atoms with E-state index in [4.69, 9.17) is 10.5 Å². The minimum atomic E-state index is 0.431. The van der Waals surface area contributed by atoms with Crippen molar-refractivity contribution in [2.75, 3.05) is 25.4 Å². The van der Waals surface area contributed by atoms with E-state index in [0.717, 1.165) is 31.8 Å². The van der Waals surface area contributed by atoms with Crippen LogP contribution < -0.4 is 11.1 Å². The van der Waals surface area contributed by atoms with Crippen molar-refractivity contribution in [1.82, 2.24) is 5.32 Å². The SMILES string of the molecule is Nc1cccc(CCNCC2CCCO2)c1. The van der Waals surface area contributed by atoms with Gasteiger partial charge >= 0.3 is 0 Å². The zero-order valence-corrected chi connectivity index (χ0v) is 9.61.